The number of nitrogens with zero attached hydrogens (tertiary/aromatic N) is 3. The second kappa shape index (κ2) is 4.45. The van der Waals surface area contributed by atoms with Crippen molar-refractivity contribution < 1.29 is 5.11 Å². The maximum Gasteiger partial charge on any atom is 0.153 e. The van der Waals surface area contributed by atoms with Gasteiger partial charge in [-0.25, -0.2) is 9.50 Å². The molecule has 1 N–H and O–H groups in total. The quantitative estimate of drug-likeness (QED) is 0.862. The van der Waals surface area contributed by atoms with Gasteiger partial charge in [0.25, 0.3) is 0 Å². The topological polar surface area (TPSA) is 50.4 Å². The Kier molecular flexibility index (Phi) is 2.81. The monoisotopic (exact) mass is 231 g/mol. The lowest BCUT2D eigenvalue weighted by Gasteiger charge is -2.20. The van der Waals surface area contributed by atoms with Gasteiger partial charge in [-0.1, -0.05) is 19.3 Å². The number of aliphatic hydroxyl groups excluding tert-OH is 1. The van der Waals surface area contributed by atoms with E-state index in [-0.39, 0.29) is 6.61 Å². The predicted molar refractivity (Wildman–Crippen MR) is 64.7 cm³/mol. The van der Waals surface area contributed by atoms with Crippen LogP contribution in [0.3, 0.4) is 0 Å². The number of hydrogen-bond donors (Lipinski definition) is 1. The van der Waals surface area contributed by atoms with Gasteiger partial charge in [-0.15, -0.1) is 0 Å². The number of aromatic nitrogens is 3. The summed E-state index contributed by atoms with van der Waals surface area (Å²) in [5.41, 5.74) is 2.72. The van der Waals surface area contributed by atoms with Crippen LogP contribution in [0.4, 0.5) is 0 Å². The Morgan fingerprint density at radius 2 is 2.06 bits per heavy atom. The smallest absolute Gasteiger partial charge is 0.153 e. The largest absolute Gasteiger partial charge is 0.390 e. The van der Waals surface area contributed by atoms with Gasteiger partial charge in [0, 0.05) is 5.92 Å². The van der Waals surface area contributed by atoms with Crippen LogP contribution >= 0.6 is 0 Å². The molecular weight excluding hydrogens is 214 g/mol. The maximum atomic E-state index is 9.22. The van der Waals surface area contributed by atoms with E-state index in [2.05, 4.69) is 16.1 Å². The zero-order chi connectivity index (χ0) is 11.7. The van der Waals surface area contributed by atoms with E-state index in [1.165, 1.54) is 32.1 Å². The molecule has 1 aliphatic rings. The third-order valence-electron chi connectivity index (χ3n) is 3.64. The lowest BCUT2D eigenvalue weighted by atomic mass is 9.87. The molecule has 0 bridgehead atoms. The molecule has 0 aromatic carbocycles. The second-order valence-electron chi connectivity index (χ2n) is 4.77. The lowest BCUT2D eigenvalue weighted by Crippen LogP contribution is -2.09. The summed E-state index contributed by atoms with van der Waals surface area (Å²) in [4.78, 5) is 4.22. The lowest BCUT2D eigenvalue weighted by molar-refractivity contribution is 0.274. The normalized spacial score (nSPS) is 17.7. The van der Waals surface area contributed by atoms with Gasteiger partial charge in [-0.05, 0) is 25.0 Å². The Morgan fingerprint density at radius 1 is 1.24 bits per heavy atom. The minimum absolute atomic E-state index is 0.0116. The zero-order valence-corrected chi connectivity index (χ0v) is 9.84. The van der Waals surface area contributed by atoms with Crippen LogP contribution in [0.25, 0.3) is 5.65 Å². The molecule has 0 atom stereocenters. The Hall–Kier alpha value is -1.42. The summed E-state index contributed by atoms with van der Waals surface area (Å²) >= 11 is 0. The van der Waals surface area contributed by atoms with E-state index in [1.54, 1.807) is 10.7 Å². The molecule has 0 amide bonds. The van der Waals surface area contributed by atoms with Gasteiger partial charge in [0.2, 0.25) is 0 Å². The van der Waals surface area contributed by atoms with E-state index in [0.717, 1.165) is 17.0 Å². The van der Waals surface area contributed by atoms with Crippen molar-refractivity contribution >= 4 is 5.65 Å². The summed E-state index contributed by atoms with van der Waals surface area (Å²) in [6.45, 7) is -0.0116. The van der Waals surface area contributed by atoms with Crippen molar-refractivity contribution in [2.45, 2.75) is 44.6 Å². The highest BCUT2D eigenvalue weighted by molar-refractivity contribution is 5.39. The first-order valence-electron chi connectivity index (χ1n) is 6.33. The van der Waals surface area contributed by atoms with Gasteiger partial charge >= 0.3 is 0 Å². The van der Waals surface area contributed by atoms with Crippen LogP contribution < -0.4 is 0 Å². The van der Waals surface area contributed by atoms with Crippen LogP contribution in [0.1, 0.15) is 49.4 Å². The van der Waals surface area contributed by atoms with Crippen molar-refractivity contribution in [3.8, 4) is 0 Å². The standard InChI is InChI=1S/C13H17N3O/c17-9-11-8-14-13-7-6-12(15-16(11)13)10-4-2-1-3-5-10/h6-8,10,17H,1-5,9H2. The third kappa shape index (κ3) is 1.93. The Balaban J connectivity index is 1.99. The number of imidazole rings is 1. The van der Waals surface area contributed by atoms with E-state index in [9.17, 15) is 5.11 Å². The average molecular weight is 231 g/mol. The first-order chi connectivity index (χ1) is 8.38. The fraction of sp³-hybridized carbons (Fsp3) is 0.538. The van der Waals surface area contributed by atoms with Gasteiger partial charge in [0.1, 0.15) is 0 Å². The summed E-state index contributed by atoms with van der Waals surface area (Å²) in [5.74, 6) is 0.585. The van der Waals surface area contributed by atoms with Gasteiger partial charge in [-0.2, -0.15) is 5.10 Å². The molecule has 0 saturated heterocycles. The molecule has 4 nitrogen and oxygen atoms in total. The molecule has 1 fully saturated rings. The van der Waals surface area contributed by atoms with Gasteiger partial charge in [0.15, 0.2) is 5.65 Å². The molecule has 90 valence electrons. The average Bonchev–Trinajstić information content (AvgIpc) is 2.81. The fourth-order valence-electron chi connectivity index (χ4n) is 2.66. The van der Waals surface area contributed by atoms with Crippen molar-refractivity contribution in [2.24, 2.45) is 0 Å². The van der Waals surface area contributed by atoms with Crippen LogP contribution in [0.15, 0.2) is 18.3 Å². The Morgan fingerprint density at radius 3 is 2.82 bits per heavy atom. The molecule has 1 aliphatic carbocycles. The summed E-state index contributed by atoms with van der Waals surface area (Å²) in [6.07, 6.45) is 8.13. The minimum atomic E-state index is -0.0116. The molecule has 0 aliphatic heterocycles. The van der Waals surface area contributed by atoms with E-state index in [0.29, 0.717) is 5.92 Å². The van der Waals surface area contributed by atoms with Crippen molar-refractivity contribution in [3.05, 3.63) is 29.7 Å². The minimum Gasteiger partial charge on any atom is -0.390 e. The van der Waals surface area contributed by atoms with E-state index < -0.39 is 0 Å². The van der Waals surface area contributed by atoms with Crippen LogP contribution in [-0.2, 0) is 6.61 Å². The van der Waals surface area contributed by atoms with Crippen LogP contribution in [0.2, 0.25) is 0 Å². The van der Waals surface area contributed by atoms with E-state index >= 15 is 0 Å². The SMILES string of the molecule is OCc1cnc2ccc(C3CCCCC3)nn12. The molecule has 0 spiro atoms. The number of aliphatic hydroxyl groups is 1. The fourth-order valence-corrected chi connectivity index (χ4v) is 2.66. The summed E-state index contributed by atoms with van der Waals surface area (Å²) in [5, 5.41) is 13.8. The molecule has 2 aromatic rings. The summed E-state index contributed by atoms with van der Waals surface area (Å²) in [6, 6.07) is 4.08. The molecule has 0 unspecified atom stereocenters. The van der Waals surface area contributed by atoms with Gasteiger partial charge in [0.05, 0.1) is 24.2 Å². The predicted octanol–water partition coefficient (Wildman–Crippen LogP) is 2.27. The molecule has 17 heavy (non-hydrogen) atoms. The molecule has 2 heterocycles. The molecule has 3 rings (SSSR count). The highest BCUT2D eigenvalue weighted by atomic mass is 16.3. The van der Waals surface area contributed by atoms with Gasteiger partial charge in [-0.3, -0.25) is 0 Å². The molecule has 2 aromatic heterocycles. The molecule has 1 saturated carbocycles. The zero-order valence-electron chi connectivity index (χ0n) is 9.84. The number of rotatable bonds is 2. The molecule has 0 radical (unpaired) electrons. The highest BCUT2D eigenvalue weighted by Crippen LogP contribution is 2.31. The van der Waals surface area contributed by atoms with Crippen molar-refractivity contribution in [2.75, 3.05) is 0 Å². The highest BCUT2D eigenvalue weighted by Gasteiger charge is 2.17. The van der Waals surface area contributed by atoms with Crippen LogP contribution in [-0.4, -0.2) is 19.7 Å². The maximum absolute atomic E-state index is 9.22. The van der Waals surface area contributed by atoms with Crippen LogP contribution in [0, 0.1) is 0 Å². The van der Waals surface area contributed by atoms with Crippen LogP contribution in [0.5, 0.6) is 0 Å². The van der Waals surface area contributed by atoms with E-state index in [4.69, 9.17) is 0 Å². The molecular formula is C13H17N3O. The van der Waals surface area contributed by atoms with Crippen molar-refractivity contribution in [1.82, 2.24) is 14.6 Å². The third-order valence-corrected chi connectivity index (χ3v) is 3.64. The first-order valence-corrected chi connectivity index (χ1v) is 6.33. The van der Waals surface area contributed by atoms with Gasteiger partial charge < -0.3 is 5.11 Å². The Bertz CT molecular complexity index is 514. The van der Waals surface area contributed by atoms with Crippen molar-refractivity contribution in [3.63, 3.8) is 0 Å². The number of hydrogen-bond acceptors (Lipinski definition) is 3. The number of fused-ring (bicyclic) bond motifs is 1. The Labute approximate surface area is 100 Å². The summed E-state index contributed by atoms with van der Waals surface area (Å²) < 4.78 is 1.77. The van der Waals surface area contributed by atoms with E-state index in [1.807, 2.05) is 6.07 Å². The summed E-state index contributed by atoms with van der Waals surface area (Å²) in [7, 11) is 0. The first kappa shape index (κ1) is 10.7. The second-order valence-corrected chi connectivity index (χ2v) is 4.77. The molecule has 4 heteroatoms. The van der Waals surface area contributed by atoms with Crippen molar-refractivity contribution in [1.29, 1.82) is 0 Å².